The molecule has 1 atom stereocenters. The molecule has 1 unspecified atom stereocenters. The SMILES string of the molecule is CCC1(NC(=O)CC2CSCCN2)CCC1. The molecule has 4 heteroatoms. The summed E-state index contributed by atoms with van der Waals surface area (Å²) in [5.41, 5.74) is 0.152. The minimum Gasteiger partial charge on any atom is -0.351 e. The first kappa shape index (κ1) is 12.2. The number of carbonyl (C=O) groups excluding carboxylic acids is 1. The number of amides is 1. The number of nitrogens with one attached hydrogen (secondary N) is 2. The van der Waals surface area contributed by atoms with Crippen LogP contribution in [0.5, 0.6) is 0 Å². The first-order valence-corrected chi connectivity index (χ1v) is 7.52. The van der Waals surface area contributed by atoms with Crippen molar-refractivity contribution in [1.82, 2.24) is 10.6 Å². The number of hydrogen-bond acceptors (Lipinski definition) is 3. The predicted octanol–water partition coefficient (Wildman–Crippen LogP) is 1.53. The molecule has 2 N–H and O–H groups in total. The molecule has 2 rings (SSSR count). The van der Waals surface area contributed by atoms with E-state index in [0.717, 1.165) is 18.7 Å². The zero-order chi connectivity index (χ0) is 11.4. The Morgan fingerprint density at radius 2 is 2.38 bits per heavy atom. The third-order valence-corrected chi connectivity index (χ3v) is 4.95. The molecule has 0 aromatic heterocycles. The highest BCUT2D eigenvalue weighted by molar-refractivity contribution is 7.99. The summed E-state index contributed by atoms with van der Waals surface area (Å²) in [6, 6.07) is 0.382. The van der Waals surface area contributed by atoms with Gasteiger partial charge in [0.1, 0.15) is 0 Å². The van der Waals surface area contributed by atoms with Crippen molar-refractivity contribution < 1.29 is 4.79 Å². The van der Waals surface area contributed by atoms with E-state index in [1.165, 1.54) is 25.0 Å². The van der Waals surface area contributed by atoms with Gasteiger partial charge in [-0.15, -0.1) is 0 Å². The lowest BCUT2D eigenvalue weighted by Gasteiger charge is -2.42. The van der Waals surface area contributed by atoms with Crippen LogP contribution in [-0.4, -0.2) is 35.5 Å². The quantitative estimate of drug-likeness (QED) is 0.785. The fourth-order valence-corrected chi connectivity index (χ4v) is 3.44. The second-order valence-corrected chi connectivity index (χ2v) is 6.12. The van der Waals surface area contributed by atoms with Crippen molar-refractivity contribution in [2.75, 3.05) is 18.1 Å². The van der Waals surface area contributed by atoms with E-state index in [0.29, 0.717) is 12.5 Å². The first-order chi connectivity index (χ1) is 7.74. The molecule has 3 nitrogen and oxygen atoms in total. The van der Waals surface area contributed by atoms with Gasteiger partial charge >= 0.3 is 0 Å². The zero-order valence-electron chi connectivity index (χ0n) is 10.1. The van der Waals surface area contributed by atoms with E-state index in [4.69, 9.17) is 0 Å². The van der Waals surface area contributed by atoms with Crippen molar-refractivity contribution >= 4 is 17.7 Å². The van der Waals surface area contributed by atoms with E-state index in [9.17, 15) is 4.79 Å². The fourth-order valence-electron chi connectivity index (χ4n) is 2.49. The van der Waals surface area contributed by atoms with E-state index in [1.807, 2.05) is 11.8 Å². The summed E-state index contributed by atoms with van der Waals surface area (Å²) in [5, 5.41) is 6.65. The van der Waals surface area contributed by atoms with Crippen LogP contribution >= 0.6 is 11.8 Å². The van der Waals surface area contributed by atoms with E-state index in [1.54, 1.807) is 0 Å². The van der Waals surface area contributed by atoms with Gasteiger partial charge in [-0.3, -0.25) is 4.79 Å². The summed E-state index contributed by atoms with van der Waals surface area (Å²) in [6.07, 6.45) is 5.33. The van der Waals surface area contributed by atoms with Gasteiger partial charge in [-0.1, -0.05) is 6.92 Å². The lowest BCUT2D eigenvalue weighted by molar-refractivity contribution is -0.124. The monoisotopic (exact) mass is 242 g/mol. The van der Waals surface area contributed by atoms with Crippen LogP contribution in [0.15, 0.2) is 0 Å². The van der Waals surface area contributed by atoms with E-state index in [2.05, 4.69) is 17.6 Å². The average molecular weight is 242 g/mol. The molecule has 0 aromatic rings. The topological polar surface area (TPSA) is 41.1 Å². The molecule has 1 amide bonds. The lowest BCUT2D eigenvalue weighted by Crippen LogP contribution is -2.54. The van der Waals surface area contributed by atoms with Crippen molar-refractivity contribution in [1.29, 1.82) is 0 Å². The number of carbonyl (C=O) groups is 1. The molecule has 16 heavy (non-hydrogen) atoms. The minimum absolute atomic E-state index is 0.152. The van der Waals surface area contributed by atoms with Gasteiger partial charge in [-0.05, 0) is 25.7 Å². The van der Waals surface area contributed by atoms with Gasteiger partial charge in [0.15, 0.2) is 0 Å². The molecular formula is C12H22N2OS. The Morgan fingerprint density at radius 3 is 2.88 bits per heavy atom. The van der Waals surface area contributed by atoms with Gasteiger partial charge in [0.25, 0.3) is 0 Å². The molecule has 92 valence electrons. The molecule has 0 spiro atoms. The molecule has 1 saturated carbocycles. The van der Waals surface area contributed by atoms with Crippen LogP contribution in [0.3, 0.4) is 0 Å². The Kier molecular flexibility index (Phi) is 4.14. The molecule has 2 aliphatic rings. The maximum Gasteiger partial charge on any atom is 0.222 e. The normalized spacial score (nSPS) is 28.2. The first-order valence-electron chi connectivity index (χ1n) is 6.36. The fraction of sp³-hybridized carbons (Fsp3) is 0.917. The Balaban J connectivity index is 1.74. The standard InChI is InChI=1S/C12H22N2OS/c1-2-12(4-3-5-12)14-11(15)8-10-9-16-7-6-13-10/h10,13H,2-9H2,1H3,(H,14,15). The molecule has 1 heterocycles. The molecular weight excluding hydrogens is 220 g/mol. The van der Waals surface area contributed by atoms with Gasteiger partial charge in [-0.25, -0.2) is 0 Å². The number of hydrogen-bond donors (Lipinski definition) is 2. The Morgan fingerprint density at radius 1 is 1.56 bits per heavy atom. The highest BCUT2D eigenvalue weighted by Crippen LogP contribution is 2.34. The lowest BCUT2D eigenvalue weighted by atomic mass is 9.75. The molecule has 1 aliphatic carbocycles. The van der Waals surface area contributed by atoms with Crippen molar-refractivity contribution in [2.45, 2.75) is 50.6 Å². The van der Waals surface area contributed by atoms with Crippen LogP contribution in [0.25, 0.3) is 0 Å². The Labute approximate surface area is 102 Å². The summed E-state index contributed by atoms with van der Waals surface area (Å²) in [6.45, 7) is 3.22. The molecule has 1 aliphatic heterocycles. The summed E-state index contributed by atoms with van der Waals surface area (Å²) in [5.74, 6) is 2.49. The number of thioether (sulfide) groups is 1. The zero-order valence-corrected chi connectivity index (χ0v) is 10.9. The third-order valence-electron chi connectivity index (χ3n) is 3.82. The maximum absolute atomic E-state index is 11.9. The van der Waals surface area contributed by atoms with Gasteiger partial charge in [-0.2, -0.15) is 11.8 Å². The van der Waals surface area contributed by atoms with Crippen LogP contribution < -0.4 is 10.6 Å². The average Bonchev–Trinajstić information content (AvgIpc) is 2.25. The van der Waals surface area contributed by atoms with Gasteiger partial charge in [0, 0.05) is 36.1 Å². The van der Waals surface area contributed by atoms with Gasteiger partial charge in [0.05, 0.1) is 0 Å². The predicted molar refractivity (Wildman–Crippen MR) is 68.7 cm³/mol. The van der Waals surface area contributed by atoms with Gasteiger partial charge in [0.2, 0.25) is 5.91 Å². The highest BCUT2D eigenvalue weighted by atomic mass is 32.2. The van der Waals surface area contributed by atoms with E-state index < -0.39 is 0 Å². The largest absolute Gasteiger partial charge is 0.351 e. The van der Waals surface area contributed by atoms with Crippen LogP contribution in [0, 0.1) is 0 Å². The Bertz CT molecular complexity index is 242. The summed E-state index contributed by atoms with van der Waals surface area (Å²) < 4.78 is 0. The van der Waals surface area contributed by atoms with E-state index in [-0.39, 0.29) is 11.4 Å². The van der Waals surface area contributed by atoms with Crippen molar-refractivity contribution in [2.24, 2.45) is 0 Å². The maximum atomic E-state index is 11.9. The van der Waals surface area contributed by atoms with Crippen LogP contribution in [-0.2, 0) is 4.79 Å². The van der Waals surface area contributed by atoms with Crippen LogP contribution in [0.1, 0.15) is 39.0 Å². The van der Waals surface area contributed by atoms with Crippen molar-refractivity contribution in [3.05, 3.63) is 0 Å². The summed E-state index contributed by atoms with van der Waals surface area (Å²) >= 11 is 1.95. The second kappa shape index (κ2) is 5.41. The molecule has 2 fully saturated rings. The smallest absolute Gasteiger partial charge is 0.222 e. The van der Waals surface area contributed by atoms with Crippen LogP contribution in [0.2, 0.25) is 0 Å². The third kappa shape index (κ3) is 2.92. The molecule has 0 aromatic carbocycles. The number of rotatable bonds is 4. The van der Waals surface area contributed by atoms with Crippen molar-refractivity contribution in [3.63, 3.8) is 0 Å². The molecule has 1 saturated heterocycles. The van der Waals surface area contributed by atoms with Crippen molar-refractivity contribution in [3.8, 4) is 0 Å². The summed E-state index contributed by atoms with van der Waals surface area (Å²) in [7, 11) is 0. The highest BCUT2D eigenvalue weighted by Gasteiger charge is 2.36. The molecule has 0 bridgehead atoms. The molecule has 0 radical (unpaired) electrons. The minimum atomic E-state index is 0.152. The summed E-state index contributed by atoms with van der Waals surface area (Å²) in [4.78, 5) is 11.9. The second-order valence-electron chi connectivity index (χ2n) is 4.97. The van der Waals surface area contributed by atoms with Gasteiger partial charge < -0.3 is 10.6 Å². The van der Waals surface area contributed by atoms with Crippen LogP contribution in [0.4, 0.5) is 0 Å². The van der Waals surface area contributed by atoms with E-state index >= 15 is 0 Å². The Hall–Kier alpha value is -0.220.